The number of nitrogens with zero attached hydrogens (tertiary/aromatic N) is 1. The molecule has 9 nitrogen and oxygen atoms in total. The van der Waals surface area contributed by atoms with Crippen molar-refractivity contribution in [2.45, 2.75) is 67.8 Å². The number of rotatable bonds is 5. The molecule has 1 heterocycles. The summed E-state index contributed by atoms with van der Waals surface area (Å²) in [4.78, 5) is -1.45. The SMILES string of the molecule is COc1c(S(=O)(=O)O)cc(CC2CC(C)(C)N(O)C(C)(C)C2)cc1S(=O)(=O)O. The predicted octanol–water partition coefficient (Wildman–Crippen LogP) is 2.39. The fraction of sp³-hybridized carbons (Fsp3) is 0.647. The van der Waals surface area contributed by atoms with E-state index in [4.69, 9.17) is 4.74 Å². The van der Waals surface area contributed by atoms with Crippen molar-refractivity contribution >= 4 is 20.2 Å². The van der Waals surface area contributed by atoms with Crippen molar-refractivity contribution in [2.24, 2.45) is 5.92 Å². The summed E-state index contributed by atoms with van der Waals surface area (Å²) in [6, 6.07) is 2.29. The van der Waals surface area contributed by atoms with E-state index < -0.39 is 46.9 Å². The van der Waals surface area contributed by atoms with E-state index in [1.165, 1.54) is 5.06 Å². The highest BCUT2D eigenvalue weighted by Gasteiger charge is 2.45. The standard InChI is InChI=1S/C17H27NO8S2/c1-16(2)9-12(10-17(3,4)18(16)19)6-11-7-13(27(20,21)22)15(26-5)14(8-11)28(23,24)25/h7-8,12,19H,6,9-10H2,1-5H3,(H,20,21,22)(H,23,24,25). The Morgan fingerprint density at radius 3 is 1.71 bits per heavy atom. The van der Waals surface area contributed by atoms with Crippen LogP contribution in [0.1, 0.15) is 46.1 Å². The Morgan fingerprint density at radius 2 is 1.39 bits per heavy atom. The molecular weight excluding hydrogens is 410 g/mol. The fourth-order valence-corrected chi connectivity index (χ4v) is 5.81. The molecule has 1 aromatic rings. The highest BCUT2D eigenvalue weighted by Crippen LogP contribution is 2.42. The van der Waals surface area contributed by atoms with Gasteiger partial charge in [-0.05, 0) is 70.6 Å². The average Bonchev–Trinajstić information content (AvgIpc) is 2.49. The van der Waals surface area contributed by atoms with Gasteiger partial charge in [0.2, 0.25) is 0 Å². The predicted molar refractivity (Wildman–Crippen MR) is 101 cm³/mol. The molecule has 0 radical (unpaired) electrons. The summed E-state index contributed by atoms with van der Waals surface area (Å²) in [7, 11) is -8.55. The first-order chi connectivity index (χ1) is 12.5. The van der Waals surface area contributed by atoms with Crippen LogP contribution in [0.5, 0.6) is 5.75 Å². The van der Waals surface area contributed by atoms with Crippen molar-refractivity contribution in [2.75, 3.05) is 7.11 Å². The van der Waals surface area contributed by atoms with Crippen LogP contribution in [0.25, 0.3) is 0 Å². The highest BCUT2D eigenvalue weighted by molar-refractivity contribution is 7.86. The Labute approximate surface area is 165 Å². The summed E-state index contributed by atoms with van der Waals surface area (Å²) in [5.41, 5.74) is -0.781. The van der Waals surface area contributed by atoms with E-state index in [0.29, 0.717) is 18.4 Å². The quantitative estimate of drug-likeness (QED) is 0.592. The van der Waals surface area contributed by atoms with Gasteiger partial charge in [0.05, 0.1) is 7.11 Å². The molecule has 0 aromatic heterocycles. The second-order valence-electron chi connectivity index (χ2n) is 8.49. The van der Waals surface area contributed by atoms with Crippen LogP contribution in [0.4, 0.5) is 0 Å². The van der Waals surface area contributed by atoms with Gasteiger partial charge in [-0.25, -0.2) is 0 Å². The number of piperidine rings is 1. The zero-order valence-corrected chi connectivity index (χ0v) is 18.1. The van der Waals surface area contributed by atoms with Gasteiger partial charge in [0, 0.05) is 11.1 Å². The van der Waals surface area contributed by atoms with Gasteiger partial charge < -0.3 is 9.94 Å². The maximum Gasteiger partial charge on any atom is 0.298 e. The molecule has 1 aliphatic rings. The molecule has 2 rings (SSSR count). The highest BCUT2D eigenvalue weighted by atomic mass is 32.2. The fourth-order valence-electron chi connectivity index (χ4n) is 4.29. The summed E-state index contributed by atoms with van der Waals surface area (Å²) in [5, 5.41) is 11.7. The van der Waals surface area contributed by atoms with Crippen LogP contribution in [0.2, 0.25) is 0 Å². The van der Waals surface area contributed by atoms with E-state index in [1.807, 2.05) is 27.7 Å². The third kappa shape index (κ3) is 4.66. The molecule has 0 aliphatic carbocycles. The van der Waals surface area contributed by atoms with E-state index in [1.54, 1.807) is 0 Å². The van der Waals surface area contributed by atoms with Crippen molar-refractivity contribution < 1.29 is 35.9 Å². The molecule has 1 fully saturated rings. The summed E-state index contributed by atoms with van der Waals surface area (Å²) in [6.07, 6.45) is 1.43. The number of hydrogen-bond donors (Lipinski definition) is 3. The lowest BCUT2D eigenvalue weighted by Gasteiger charge is -2.51. The first-order valence-corrected chi connectivity index (χ1v) is 11.5. The Kier molecular flexibility index (Phi) is 5.94. The smallest absolute Gasteiger partial charge is 0.298 e. The molecule has 1 aromatic carbocycles. The number of hydrogen-bond acceptors (Lipinski definition) is 7. The molecule has 1 saturated heterocycles. The van der Waals surface area contributed by atoms with Crippen molar-refractivity contribution in [3.05, 3.63) is 17.7 Å². The molecule has 11 heteroatoms. The molecule has 0 atom stereocenters. The van der Waals surface area contributed by atoms with E-state index in [-0.39, 0.29) is 12.3 Å². The van der Waals surface area contributed by atoms with Crippen molar-refractivity contribution in [1.82, 2.24) is 5.06 Å². The van der Waals surface area contributed by atoms with Crippen molar-refractivity contribution in [1.29, 1.82) is 0 Å². The van der Waals surface area contributed by atoms with Crippen molar-refractivity contribution in [3.8, 4) is 5.75 Å². The first-order valence-electron chi connectivity index (χ1n) is 8.64. The molecule has 3 N–H and O–H groups in total. The number of benzene rings is 1. The van der Waals surface area contributed by atoms with Crippen molar-refractivity contribution in [3.63, 3.8) is 0 Å². The molecule has 0 bridgehead atoms. The number of hydroxylamine groups is 2. The van der Waals surface area contributed by atoms with E-state index in [0.717, 1.165) is 19.2 Å². The molecular formula is C17H27NO8S2. The number of ether oxygens (including phenoxy) is 1. The van der Waals surface area contributed by atoms with Crippen LogP contribution >= 0.6 is 0 Å². The molecule has 1 aliphatic heterocycles. The third-order valence-corrected chi connectivity index (χ3v) is 6.81. The lowest BCUT2D eigenvalue weighted by atomic mass is 9.73. The topological polar surface area (TPSA) is 141 Å². The Bertz CT molecular complexity index is 896. The van der Waals surface area contributed by atoms with Gasteiger partial charge in [-0.15, -0.1) is 0 Å². The largest absolute Gasteiger partial charge is 0.494 e. The van der Waals surface area contributed by atoms with Crippen LogP contribution in [0, 0.1) is 5.92 Å². The molecule has 160 valence electrons. The minimum Gasteiger partial charge on any atom is -0.494 e. The van der Waals surface area contributed by atoms with E-state index in [9.17, 15) is 31.1 Å². The van der Waals surface area contributed by atoms with E-state index in [2.05, 4.69) is 0 Å². The van der Waals surface area contributed by atoms with Gasteiger partial charge in [-0.2, -0.15) is 21.9 Å². The van der Waals surface area contributed by atoms with Gasteiger partial charge in [-0.3, -0.25) is 9.11 Å². The Hall–Kier alpha value is -1.24. The minimum absolute atomic E-state index is 0.00899. The van der Waals surface area contributed by atoms with Crippen LogP contribution in [0.3, 0.4) is 0 Å². The van der Waals surface area contributed by atoms with Crippen LogP contribution < -0.4 is 4.74 Å². The minimum atomic E-state index is -4.79. The number of methoxy groups -OCH3 is 1. The Morgan fingerprint density at radius 1 is 1.00 bits per heavy atom. The van der Waals surface area contributed by atoms with Gasteiger partial charge in [-0.1, -0.05) is 0 Å². The second kappa shape index (κ2) is 7.22. The third-order valence-electron chi connectivity index (χ3n) is 5.09. The molecule has 0 unspecified atom stereocenters. The van der Waals surface area contributed by atoms with Gasteiger partial charge in [0.15, 0.2) is 5.75 Å². The molecule has 0 amide bonds. The lowest BCUT2D eigenvalue weighted by molar-refractivity contribution is -0.250. The summed E-state index contributed by atoms with van der Waals surface area (Å²) >= 11 is 0. The molecule has 28 heavy (non-hydrogen) atoms. The van der Waals surface area contributed by atoms with Crippen LogP contribution in [0.15, 0.2) is 21.9 Å². The van der Waals surface area contributed by atoms with Crippen LogP contribution in [-0.2, 0) is 26.7 Å². The zero-order valence-electron chi connectivity index (χ0n) is 16.5. The van der Waals surface area contributed by atoms with E-state index >= 15 is 0 Å². The van der Waals surface area contributed by atoms with Gasteiger partial charge in [0.25, 0.3) is 20.2 Å². The van der Waals surface area contributed by atoms with Gasteiger partial charge >= 0.3 is 0 Å². The second-order valence-corrected chi connectivity index (χ2v) is 11.3. The summed E-state index contributed by atoms with van der Waals surface area (Å²) < 4.78 is 70.8. The summed E-state index contributed by atoms with van der Waals surface area (Å²) in [5.74, 6) is -0.648. The maximum atomic E-state index is 11.7. The Balaban J connectivity index is 2.55. The lowest BCUT2D eigenvalue weighted by Crippen LogP contribution is -2.59. The molecule has 0 spiro atoms. The maximum absolute atomic E-state index is 11.7. The van der Waals surface area contributed by atoms with Crippen LogP contribution in [-0.4, -0.2) is 54.4 Å². The molecule has 0 saturated carbocycles. The average molecular weight is 438 g/mol. The monoisotopic (exact) mass is 437 g/mol. The van der Waals surface area contributed by atoms with Gasteiger partial charge in [0.1, 0.15) is 9.79 Å². The normalized spacial score (nSPS) is 20.9. The summed E-state index contributed by atoms with van der Waals surface area (Å²) in [6.45, 7) is 7.51. The zero-order chi connectivity index (χ0) is 21.7. The first kappa shape index (κ1) is 23.0.